The van der Waals surface area contributed by atoms with Gasteiger partial charge in [-0.25, -0.2) is 0 Å². The van der Waals surface area contributed by atoms with Crippen molar-refractivity contribution in [3.05, 3.63) is 11.6 Å². The summed E-state index contributed by atoms with van der Waals surface area (Å²) in [4.78, 5) is 0. The molecule has 1 N–H and O–H groups in total. The van der Waals surface area contributed by atoms with Crippen molar-refractivity contribution in [1.29, 1.82) is 0 Å². The van der Waals surface area contributed by atoms with Gasteiger partial charge in [0.15, 0.2) is 0 Å². The highest BCUT2D eigenvalue weighted by molar-refractivity contribution is 5.08. The molecule has 0 aromatic heterocycles. The van der Waals surface area contributed by atoms with E-state index in [-0.39, 0.29) is 0 Å². The zero-order valence-corrected chi connectivity index (χ0v) is 8.68. The molecule has 1 aliphatic heterocycles. The molecule has 1 unspecified atom stereocenters. The van der Waals surface area contributed by atoms with Crippen LogP contribution in [0.5, 0.6) is 0 Å². The van der Waals surface area contributed by atoms with Crippen LogP contribution in [-0.4, -0.2) is 12.6 Å². The van der Waals surface area contributed by atoms with E-state index in [0.29, 0.717) is 0 Å². The molecule has 0 amide bonds. The summed E-state index contributed by atoms with van der Waals surface area (Å²) in [5.41, 5.74) is 1.66. The number of hydrogen-bond acceptors (Lipinski definition) is 1. The van der Waals surface area contributed by atoms with Crippen LogP contribution in [0.3, 0.4) is 0 Å². The molecule has 0 radical (unpaired) electrons. The fourth-order valence-electron chi connectivity index (χ4n) is 2.13. The third-order valence-electron chi connectivity index (χ3n) is 3.54. The lowest BCUT2D eigenvalue weighted by Gasteiger charge is -2.26. The summed E-state index contributed by atoms with van der Waals surface area (Å²) >= 11 is 0. The first-order chi connectivity index (χ1) is 6.34. The van der Waals surface area contributed by atoms with Crippen LogP contribution < -0.4 is 5.32 Å². The molecule has 0 spiro atoms. The summed E-state index contributed by atoms with van der Waals surface area (Å²) in [6.07, 6.45) is 11.0. The average molecular weight is 179 g/mol. The number of nitrogens with one attached hydrogen (secondary N) is 1. The second-order valence-electron chi connectivity index (χ2n) is 4.72. The highest BCUT2D eigenvalue weighted by Gasteiger charge is 2.16. The first kappa shape index (κ1) is 9.26. The van der Waals surface area contributed by atoms with Crippen molar-refractivity contribution in [1.82, 2.24) is 5.32 Å². The molecule has 2 aliphatic rings. The molecule has 1 nitrogen and oxygen atoms in total. The second kappa shape index (κ2) is 4.28. The predicted octanol–water partition coefficient (Wildman–Crippen LogP) is 2.87. The maximum absolute atomic E-state index is 3.52. The van der Waals surface area contributed by atoms with Gasteiger partial charge >= 0.3 is 0 Å². The standard InChI is InChI=1S/C12H21N/c1-10-5-6-12(9-13-10)8-7-11-3-2-4-11/h8,10-11,13H,2-7,9H2,1H3/b12-8+. The molecule has 1 aliphatic carbocycles. The van der Waals surface area contributed by atoms with E-state index in [0.717, 1.165) is 18.5 Å². The van der Waals surface area contributed by atoms with Gasteiger partial charge in [-0.1, -0.05) is 30.9 Å². The maximum Gasteiger partial charge on any atom is 0.0167 e. The topological polar surface area (TPSA) is 12.0 Å². The van der Waals surface area contributed by atoms with Crippen LogP contribution in [0.2, 0.25) is 0 Å². The predicted molar refractivity (Wildman–Crippen MR) is 56.7 cm³/mol. The Bertz CT molecular complexity index is 181. The third kappa shape index (κ3) is 2.57. The number of hydrogen-bond donors (Lipinski definition) is 1. The molecule has 2 rings (SSSR count). The van der Waals surface area contributed by atoms with E-state index in [4.69, 9.17) is 0 Å². The van der Waals surface area contributed by atoms with Crippen LogP contribution in [0.4, 0.5) is 0 Å². The van der Waals surface area contributed by atoms with Crippen molar-refractivity contribution in [3.8, 4) is 0 Å². The van der Waals surface area contributed by atoms with Gasteiger partial charge in [-0.05, 0) is 32.1 Å². The fourth-order valence-corrected chi connectivity index (χ4v) is 2.13. The molecule has 1 saturated carbocycles. The Kier molecular flexibility index (Phi) is 3.05. The first-order valence-corrected chi connectivity index (χ1v) is 5.76. The van der Waals surface area contributed by atoms with E-state index in [1.165, 1.54) is 38.5 Å². The van der Waals surface area contributed by atoms with E-state index in [1.807, 2.05) is 0 Å². The second-order valence-corrected chi connectivity index (χ2v) is 4.72. The summed E-state index contributed by atoms with van der Waals surface area (Å²) < 4.78 is 0. The first-order valence-electron chi connectivity index (χ1n) is 5.76. The van der Waals surface area contributed by atoms with Gasteiger partial charge < -0.3 is 5.32 Å². The molecule has 1 atom stereocenters. The minimum atomic E-state index is 0.737. The van der Waals surface area contributed by atoms with Crippen LogP contribution in [0.15, 0.2) is 11.6 Å². The lowest BCUT2D eigenvalue weighted by atomic mass is 9.82. The molecule has 1 heteroatoms. The molecule has 74 valence electrons. The summed E-state index contributed by atoms with van der Waals surface area (Å²) in [5.74, 6) is 1.03. The van der Waals surface area contributed by atoms with E-state index >= 15 is 0 Å². The van der Waals surface area contributed by atoms with Gasteiger partial charge in [0.25, 0.3) is 0 Å². The van der Waals surface area contributed by atoms with Crippen LogP contribution in [0, 0.1) is 5.92 Å². The van der Waals surface area contributed by atoms with Crippen molar-refractivity contribution in [2.45, 2.75) is 51.5 Å². The summed E-state index contributed by atoms with van der Waals surface area (Å²) in [5, 5.41) is 3.52. The van der Waals surface area contributed by atoms with Crippen molar-refractivity contribution < 1.29 is 0 Å². The van der Waals surface area contributed by atoms with Gasteiger partial charge in [-0.2, -0.15) is 0 Å². The maximum atomic E-state index is 3.52. The Morgan fingerprint density at radius 2 is 2.23 bits per heavy atom. The molecule has 0 bridgehead atoms. The number of allylic oxidation sites excluding steroid dienone is 1. The van der Waals surface area contributed by atoms with Crippen LogP contribution in [0.1, 0.15) is 45.4 Å². The molecule has 2 fully saturated rings. The molecule has 0 aromatic carbocycles. The fraction of sp³-hybridized carbons (Fsp3) is 0.833. The zero-order valence-electron chi connectivity index (χ0n) is 8.68. The van der Waals surface area contributed by atoms with Gasteiger partial charge in [-0.15, -0.1) is 0 Å². The Hall–Kier alpha value is -0.300. The van der Waals surface area contributed by atoms with Crippen LogP contribution in [-0.2, 0) is 0 Å². The lowest BCUT2D eigenvalue weighted by molar-refractivity contribution is 0.318. The van der Waals surface area contributed by atoms with E-state index in [2.05, 4.69) is 18.3 Å². The third-order valence-corrected chi connectivity index (χ3v) is 3.54. The van der Waals surface area contributed by atoms with Gasteiger partial charge in [-0.3, -0.25) is 0 Å². The smallest absolute Gasteiger partial charge is 0.0167 e. The average Bonchev–Trinajstić information content (AvgIpc) is 2.05. The Labute approximate surface area is 81.6 Å². The quantitative estimate of drug-likeness (QED) is 0.643. The van der Waals surface area contributed by atoms with E-state index in [1.54, 1.807) is 5.57 Å². The summed E-state index contributed by atoms with van der Waals surface area (Å²) in [6, 6.07) is 0.737. The number of piperidine rings is 1. The normalized spacial score (nSPS) is 33.3. The highest BCUT2D eigenvalue weighted by Crippen LogP contribution is 2.30. The van der Waals surface area contributed by atoms with Gasteiger partial charge in [0, 0.05) is 12.6 Å². The highest BCUT2D eigenvalue weighted by atomic mass is 14.9. The Morgan fingerprint density at radius 1 is 1.38 bits per heavy atom. The summed E-state index contributed by atoms with van der Waals surface area (Å²) in [7, 11) is 0. The molecular formula is C12H21N. The molecule has 1 saturated heterocycles. The monoisotopic (exact) mass is 179 g/mol. The van der Waals surface area contributed by atoms with Crippen molar-refractivity contribution in [3.63, 3.8) is 0 Å². The number of rotatable bonds is 2. The molecular weight excluding hydrogens is 158 g/mol. The molecule has 0 aromatic rings. The van der Waals surface area contributed by atoms with E-state index < -0.39 is 0 Å². The van der Waals surface area contributed by atoms with E-state index in [9.17, 15) is 0 Å². The lowest BCUT2D eigenvalue weighted by Crippen LogP contribution is -2.32. The van der Waals surface area contributed by atoms with Gasteiger partial charge in [0.05, 0.1) is 0 Å². The van der Waals surface area contributed by atoms with Gasteiger partial charge in [0.1, 0.15) is 0 Å². The van der Waals surface area contributed by atoms with Crippen LogP contribution >= 0.6 is 0 Å². The SMILES string of the molecule is CC1CC/C(=C\CC2CCC2)CN1. The van der Waals surface area contributed by atoms with Crippen molar-refractivity contribution in [2.75, 3.05) is 6.54 Å². The van der Waals surface area contributed by atoms with Crippen molar-refractivity contribution >= 4 is 0 Å². The van der Waals surface area contributed by atoms with Crippen LogP contribution in [0.25, 0.3) is 0 Å². The minimum Gasteiger partial charge on any atom is -0.311 e. The Morgan fingerprint density at radius 3 is 2.77 bits per heavy atom. The Balaban J connectivity index is 1.72. The van der Waals surface area contributed by atoms with Crippen molar-refractivity contribution in [2.24, 2.45) is 5.92 Å². The largest absolute Gasteiger partial charge is 0.311 e. The zero-order chi connectivity index (χ0) is 9.10. The van der Waals surface area contributed by atoms with Gasteiger partial charge in [0.2, 0.25) is 0 Å². The minimum absolute atomic E-state index is 0.737. The molecule has 13 heavy (non-hydrogen) atoms. The summed E-state index contributed by atoms with van der Waals surface area (Å²) in [6.45, 7) is 3.43. The molecule has 1 heterocycles.